The molecule has 0 radical (unpaired) electrons. The highest BCUT2D eigenvalue weighted by Gasteiger charge is 2.33. The largest absolute Gasteiger partial charge is 0.508 e. The third-order valence-corrected chi connectivity index (χ3v) is 5.29. The molecule has 1 aromatic carbocycles. The second-order valence-corrected chi connectivity index (χ2v) is 7.45. The fraction of sp³-hybridized carbons (Fsp3) is 0.611. The number of aromatic hydroxyl groups is 1. The molecule has 1 unspecified atom stereocenters. The summed E-state index contributed by atoms with van der Waals surface area (Å²) in [5.41, 5.74) is 0.950. The summed E-state index contributed by atoms with van der Waals surface area (Å²) in [5.74, 6) is 1.14. The summed E-state index contributed by atoms with van der Waals surface area (Å²) in [6, 6.07) is 7.39. The predicted molar refractivity (Wildman–Crippen MR) is 96.4 cm³/mol. The average Bonchev–Trinajstić information content (AvgIpc) is 3.09. The Kier molecular flexibility index (Phi) is 5.06. The van der Waals surface area contributed by atoms with E-state index in [0.29, 0.717) is 0 Å². The van der Waals surface area contributed by atoms with Crippen LogP contribution in [0.3, 0.4) is 0 Å². The van der Waals surface area contributed by atoms with Crippen LogP contribution >= 0.6 is 0 Å². The van der Waals surface area contributed by atoms with E-state index >= 15 is 0 Å². The summed E-state index contributed by atoms with van der Waals surface area (Å²) in [4.78, 5) is 4.77. The Morgan fingerprint density at radius 1 is 1.12 bits per heavy atom. The highest BCUT2D eigenvalue weighted by molar-refractivity contribution is 5.31. The molecule has 136 valence electrons. The average molecular weight is 344 g/mol. The molecule has 25 heavy (non-hydrogen) atoms. The van der Waals surface area contributed by atoms with Crippen LogP contribution in [0.4, 0.5) is 0 Å². The SMILES string of the molecule is CCC(C)(C)n1nnnc1C(c1ccc(O)cc1)N1CCN(C)CC1. The zero-order valence-corrected chi connectivity index (χ0v) is 15.6. The number of rotatable bonds is 5. The van der Waals surface area contributed by atoms with Crippen molar-refractivity contribution in [3.63, 3.8) is 0 Å². The van der Waals surface area contributed by atoms with Crippen molar-refractivity contribution in [2.45, 2.75) is 38.8 Å². The number of hydrogen-bond acceptors (Lipinski definition) is 6. The molecule has 1 fully saturated rings. The topological polar surface area (TPSA) is 70.3 Å². The standard InChI is InChI=1S/C18H28N6O/c1-5-18(2,3)24-17(19-20-21-24)16(14-6-8-15(25)9-7-14)23-12-10-22(4)11-13-23/h6-9,16,25H,5,10-13H2,1-4H3. The number of phenols is 1. The molecular formula is C18H28N6O. The molecular weight excluding hydrogens is 316 g/mol. The zero-order chi connectivity index (χ0) is 18.0. The Balaban J connectivity index is 2.03. The van der Waals surface area contributed by atoms with Gasteiger partial charge in [0.1, 0.15) is 5.75 Å². The lowest BCUT2D eigenvalue weighted by Gasteiger charge is -2.38. The first-order valence-electron chi connectivity index (χ1n) is 8.92. The molecule has 2 heterocycles. The van der Waals surface area contributed by atoms with Crippen molar-refractivity contribution in [2.24, 2.45) is 0 Å². The third kappa shape index (κ3) is 3.67. The van der Waals surface area contributed by atoms with E-state index in [1.165, 1.54) is 0 Å². The Morgan fingerprint density at radius 3 is 2.36 bits per heavy atom. The van der Waals surface area contributed by atoms with Gasteiger partial charge in [0.15, 0.2) is 5.82 Å². The molecule has 0 aliphatic carbocycles. The molecule has 7 heteroatoms. The molecule has 2 aromatic rings. The van der Waals surface area contributed by atoms with Gasteiger partial charge in [0.25, 0.3) is 0 Å². The number of piperazine rings is 1. The van der Waals surface area contributed by atoms with Gasteiger partial charge in [-0.05, 0) is 55.4 Å². The first-order chi connectivity index (χ1) is 11.9. The maximum atomic E-state index is 9.67. The van der Waals surface area contributed by atoms with Crippen molar-refractivity contribution in [1.82, 2.24) is 30.0 Å². The van der Waals surface area contributed by atoms with Crippen LogP contribution in [0.25, 0.3) is 0 Å². The Bertz CT molecular complexity index is 688. The fourth-order valence-corrected chi connectivity index (χ4v) is 3.21. The molecule has 0 saturated carbocycles. The molecule has 1 atom stereocenters. The molecule has 3 rings (SSSR count). The maximum absolute atomic E-state index is 9.67. The van der Waals surface area contributed by atoms with Crippen molar-refractivity contribution in [2.75, 3.05) is 33.2 Å². The molecule has 0 amide bonds. The fourth-order valence-electron chi connectivity index (χ4n) is 3.21. The second kappa shape index (κ2) is 7.09. The summed E-state index contributed by atoms with van der Waals surface area (Å²) >= 11 is 0. The van der Waals surface area contributed by atoms with Crippen LogP contribution in [0.2, 0.25) is 0 Å². The first kappa shape index (κ1) is 17.8. The van der Waals surface area contributed by atoms with Crippen LogP contribution in [0, 0.1) is 0 Å². The monoisotopic (exact) mass is 344 g/mol. The number of tetrazole rings is 1. The van der Waals surface area contributed by atoms with Gasteiger partial charge in [0.2, 0.25) is 0 Å². The normalized spacial score (nSPS) is 18.4. The number of nitrogens with zero attached hydrogens (tertiary/aromatic N) is 6. The smallest absolute Gasteiger partial charge is 0.173 e. The highest BCUT2D eigenvalue weighted by Crippen LogP contribution is 2.32. The summed E-state index contributed by atoms with van der Waals surface area (Å²) in [6.45, 7) is 10.4. The number of phenolic OH excluding ortho intramolecular Hbond substituents is 1. The molecule has 7 nitrogen and oxygen atoms in total. The second-order valence-electron chi connectivity index (χ2n) is 7.45. The predicted octanol–water partition coefficient (Wildman–Crippen LogP) is 1.86. The number of likely N-dealkylation sites (N-methyl/N-ethyl adjacent to an activating group) is 1. The minimum Gasteiger partial charge on any atom is -0.508 e. The Hall–Kier alpha value is -1.99. The van der Waals surface area contributed by atoms with Crippen molar-refractivity contribution in [3.05, 3.63) is 35.7 Å². The molecule has 0 spiro atoms. The van der Waals surface area contributed by atoms with Crippen LogP contribution in [0.1, 0.15) is 44.6 Å². The maximum Gasteiger partial charge on any atom is 0.173 e. The van der Waals surface area contributed by atoms with E-state index in [1.807, 2.05) is 16.8 Å². The van der Waals surface area contributed by atoms with Gasteiger partial charge < -0.3 is 10.0 Å². The van der Waals surface area contributed by atoms with Gasteiger partial charge in [-0.3, -0.25) is 4.90 Å². The Labute approximate surface area is 149 Å². The van der Waals surface area contributed by atoms with E-state index in [1.54, 1.807) is 12.1 Å². The van der Waals surface area contributed by atoms with E-state index in [0.717, 1.165) is 44.0 Å². The van der Waals surface area contributed by atoms with Crippen LogP contribution in [0.5, 0.6) is 5.75 Å². The van der Waals surface area contributed by atoms with Gasteiger partial charge >= 0.3 is 0 Å². The van der Waals surface area contributed by atoms with E-state index in [9.17, 15) is 5.11 Å². The molecule has 1 aromatic heterocycles. The molecule has 1 saturated heterocycles. The summed E-state index contributed by atoms with van der Waals surface area (Å²) in [6.07, 6.45) is 0.941. The van der Waals surface area contributed by atoms with Crippen molar-refractivity contribution < 1.29 is 5.11 Å². The molecule has 1 aliphatic rings. The number of benzene rings is 1. The summed E-state index contributed by atoms with van der Waals surface area (Å²) < 4.78 is 1.96. The zero-order valence-electron chi connectivity index (χ0n) is 15.6. The quantitative estimate of drug-likeness (QED) is 0.893. The van der Waals surface area contributed by atoms with Crippen LogP contribution < -0.4 is 0 Å². The highest BCUT2D eigenvalue weighted by atomic mass is 16.3. The number of aromatic nitrogens is 4. The third-order valence-electron chi connectivity index (χ3n) is 5.29. The van der Waals surface area contributed by atoms with Crippen LogP contribution in [-0.4, -0.2) is 68.3 Å². The minimum atomic E-state index is -0.152. The molecule has 1 N–H and O–H groups in total. The van der Waals surface area contributed by atoms with Crippen LogP contribution in [0.15, 0.2) is 24.3 Å². The lowest BCUT2D eigenvalue weighted by Crippen LogP contribution is -2.47. The number of hydrogen-bond donors (Lipinski definition) is 1. The van der Waals surface area contributed by atoms with E-state index in [-0.39, 0.29) is 17.3 Å². The lowest BCUT2D eigenvalue weighted by atomic mass is 9.99. The van der Waals surface area contributed by atoms with E-state index in [2.05, 4.69) is 53.1 Å². The van der Waals surface area contributed by atoms with E-state index < -0.39 is 0 Å². The van der Waals surface area contributed by atoms with E-state index in [4.69, 9.17) is 0 Å². The van der Waals surface area contributed by atoms with Gasteiger partial charge in [-0.15, -0.1) is 5.10 Å². The van der Waals surface area contributed by atoms with Crippen molar-refractivity contribution in [3.8, 4) is 5.75 Å². The minimum absolute atomic E-state index is 0.0184. The summed E-state index contributed by atoms with van der Waals surface area (Å²) in [5, 5.41) is 22.4. The van der Waals surface area contributed by atoms with Gasteiger partial charge in [-0.2, -0.15) is 0 Å². The Morgan fingerprint density at radius 2 is 1.76 bits per heavy atom. The van der Waals surface area contributed by atoms with Gasteiger partial charge in [0, 0.05) is 26.2 Å². The lowest BCUT2D eigenvalue weighted by molar-refractivity contribution is 0.117. The van der Waals surface area contributed by atoms with Gasteiger partial charge in [-0.1, -0.05) is 19.1 Å². The van der Waals surface area contributed by atoms with Crippen molar-refractivity contribution >= 4 is 0 Å². The molecule has 1 aliphatic heterocycles. The van der Waals surface area contributed by atoms with Gasteiger partial charge in [-0.25, -0.2) is 4.68 Å². The van der Waals surface area contributed by atoms with Crippen LogP contribution in [-0.2, 0) is 5.54 Å². The van der Waals surface area contributed by atoms with Gasteiger partial charge in [0.05, 0.1) is 11.6 Å². The first-order valence-corrected chi connectivity index (χ1v) is 8.92. The van der Waals surface area contributed by atoms with Crippen molar-refractivity contribution in [1.29, 1.82) is 0 Å². The summed E-state index contributed by atoms with van der Waals surface area (Å²) in [7, 11) is 2.15. The molecule has 0 bridgehead atoms.